The summed E-state index contributed by atoms with van der Waals surface area (Å²) in [5.41, 5.74) is 3.67. The van der Waals surface area contributed by atoms with Crippen LogP contribution in [0.25, 0.3) is 0 Å². The van der Waals surface area contributed by atoms with Gasteiger partial charge in [0, 0.05) is 19.5 Å². The topological polar surface area (TPSA) is 17.1 Å². The van der Waals surface area contributed by atoms with Crippen molar-refractivity contribution in [3.8, 4) is 0 Å². The molecule has 0 heterocycles. The molecule has 2 heteroatoms. The van der Waals surface area contributed by atoms with E-state index in [1.807, 2.05) is 27.7 Å². The molecule has 0 aromatic rings. The monoisotopic (exact) mass is 292 g/mol. The summed E-state index contributed by atoms with van der Waals surface area (Å²) in [6.45, 7) is 15.1. The van der Waals surface area contributed by atoms with Crippen LogP contribution in [-0.4, -0.2) is 5.78 Å². The molecule has 0 radical (unpaired) electrons. The summed E-state index contributed by atoms with van der Waals surface area (Å²) in [5.74, 6) is -0.00833. The second-order valence-corrected chi connectivity index (χ2v) is 3.62. The van der Waals surface area contributed by atoms with Crippen molar-refractivity contribution in [1.29, 1.82) is 0 Å². The molecule has 1 nitrogen and oxygen atoms in total. The van der Waals surface area contributed by atoms with Gasteiger partial charge >= 0.3 is 0 Å². The Kier molecular flexibility index (Phi) is 8.37. The second kappa shape index (κ2) is 7.53. The van der Waals surface area contributed by atoms with E-state index >= 15 is 0 Å². The number of rotatable bonds is 4. The first-order valence-electron chi connectivity index (χ1n) is 4.57. The smallest absolute Gasteiger partial charge is 0.179 e. The van der Waals surface area contributed by atoms with Gasteiger partial charge < -0.3 is 0 Å². The summed E-state index contributed by atoms with van der Waals surface area (Å²) in [7, 11) is 0. The predicted molar refractivity (Wildman–Crippen MR) is 62.1 cm³/mol. The second-order valence-electron chi connectivity index (χ2n) is 3.62. The minimum Gasteiger partial charge on any atom is -0.290 e. The summed E-state index contributed by atoms with van der Waals surface area (Å²) in [4.78, 5) is 11.4. The van der Waals surface area contributed by atoms with Crippen molar-refractivity contribution in [3.63, 3.8) is 0 Å². The van der Waals surface area contributed by atoms with Gasteiger partial charge in [0.2, 0.25) is 0 Å². The van der Waals surface area contributed by atoms with Crippen molar-refractivity contribution in [2.45, 2.75) is 27.7 Å². The maximum atomic E-state index is 11.4. The summed E-state index contributed by atoms with van der Waals surface area (Å²) >= 11 is 0. The summed E-state index contributed by atoms with van der Waals surface area (Å²) in [5, 5.41) is 0. The molecule has 0 aromatic heterocycles. The Morgan fingerprint density at radius 2 is 1.13 bits per heavy atom. The summed E-state index contributed by atoms with van der Waals surface area (Å²) in [6.07, 6.45) is 3.18. The van der Waals surface area contributed by atoms with Gasteiger partial charge in [0.15, 0.2) is 5.78 Å². The molecule has 0 saturated carbocycles. The molecule has 0 spiro atoms. The van der Waals surface area contributed by atoms with Crippen LogP contribution in [0.5, 0.6) is 0 Å². The van der Waals surface area contributed by atoms with Gasteiger partial charge in [-0.05, 0) is 51.0 Å². The van der Waals surface area contributed by atoms with Crippen molar-refractivity contribution in [2.75, 3.05) is 0 Å². The molecule has 0 bridgehead atoms. The third-order valence-electron chi connectivity index (χ3n) is 2.06. The van der Waals surface area contributed by atoms with Gasteiger partial charge in [-0.15, -0.1) is 0 Å². The predicted octanol–water partition coefficient (Wildman–Crippen LogP) is 3.60. The van der Waals surface area contributed by atoms with Crippen molar-refractivity contribution < 1.29 is 24.3 Å². The summed E-state index contributed by atoms with van der Waals surface area (Å²) < 4.78 is 0. The van der Waals surface area contributed by atoms with Crippen LogP contribution in [0.1, 0.15) is 27.7 Å². The Labute approximate surface area is 105 Å². The van der Waals surface area contributed by atoms with Crippen molar-refractivity contribution in [1.82, 2.24) is 0 Å². The van der Waals surface area contributed by atoms with Crippen LogP contribution >= 0.6 is 0 Å². The first-order chi connectivity index (χ1) is 6.34. The average Bonchev–Trinajstić information content (AvgIpc) is 2.03. The number of hydrogen-bond acceptors (Lipinski definition) is 1. The Morgan fingerprint density at radius 1 is 0.867 bits per heavy atom. The van der Waals surface area contributed by atoms with Gasteiger partial charge in [0.25, 0.3) is 0 Å². The van der Waals surface area contributed by atoms with E-state index in [-0.39, 0.29) is 25.3 Å². The van der Waals surface area contributed by atoms with E-state index in [9.17, 15) is 4.79 Å². The molecule has 0 amide bonds. The number of hydrogen-bond donors (Lipinski definition) is 0. The normalized spacial score (nSPS) is 11.7. The van der Waals surface area contributed by atoms with Gasteiger partial charge in [-0.3, -0.25) is 4.79 Å². The Hall–Kier alpha value is -0.747. The molecule has 0 rings (SSSR count). The number of ketones is 1. The zero-order valence-electron chi connectivity index (χ0n) is 9.83. The molecule has 0 N–H and O–H groups in total. The fraction of sp³-hybridized carbons (Fsp3) is 0.308. The minimum absolute atomic E-state index is 0. The first kappa shape index (κ1) is 16.7. The SMILES string of the molecule is C=C(C)/C(C)=C/C(=O)/C=C(\C)C(=C)C.[Ru]. The van der Waals surface area contributed by atoms with Gasteiger partial charge in [0.05, 0.1) is 0 Å². The average molecular weight is 291 g/mol. The number of carbonyl (C=O) groups excluding carboxylic acids is 1. The van der Waals surface area contributed by atoms with Gasteiger partial charge in [0.1, 0.15) is 0 Å². The zero-order chi connectivity index (χ0) is 11.3. The van der Waals surface area contributed by atoms with Crippen LogP contribution in [0.4, 0.5) is 0 Å². The fourth-order valence-electron chi connectivity index (χ4n) is 0.715. The Morgan fingerprint density at radius 3 is 1.33 bits per heavy atom. The molecule has 0 aliphatic rings. The molecule has 0 unspecified atom stereocenters. The third-order valence-corrected chi connectivity index (χ3v) is 2.06. The van der Waals surface area contributed by atoms with Crippen molar-refractivity contribution in [3.05, 3.63) is 47.6 Å². The van der Waals surface area contributed by atoms with E-state index in [4.69, 9.17) is 0 Å². The molecular formula is C13H18ORu. The van der Waals surface area contributed by atoms with E-state index < -0.39 is 0 Å². The van der Waals surface area contributed by atoms with E-state index in [1.54, 1.807) is 12.2 Å². The number of carbonyl (C=O) groups is 1. The maximum absolute atomic E-state index is 11.4. The molecule has 0 aliphatic carbocycles. The Balaban J connectivity index is 0. The van der Waals surface area contributed by atoms with Crippen molar-refractivity contribution >= 4 is 5.78 Å². The Bertz CT molecular complexity index is 300. The van der Waals surface area contributed by atoms with Crippen LogP contribution in [-0.2, 0) is 24.3 Å². The summed E-state index contributed by atoms with van der Waals surface area (Å²) in [6, 6.07) is 0. The van der Waals surface area contributed by atoms with E-state index in [0.29, 0.717) is 0 Å². The van der Waals surface area contributed by atoms with E-state index in [1.165, 1.54) is 0 Å². The fourth-order valence-corrected chi connectivity index (χ4v) is 0.715. The van der Waals surface area contributed by atoms with E-state index in [0.717, 1.165) is 22.3 Å². The first-order valence-corrected chi connectivity index (χ1v) is 4.57. The van der Waals surface area contributed by atoms with Crippen LogP contribution < -0.4 is 0 Å². The quantitative estimate of drug-likeness (QED) is 0.439. The molecule has 0 aliphatic heterocycles. The molecule has 0 saturated heterocycles. The van der Waals surface area contributed by atoms with Crippen LogP contribution in [0, 0.1) is 0 Å². The molecule has 84 valence electrons. The molecule has 15 heavy (non-hydrogen) atoms. The largest absolute Gasteiger partial charge is 0.290 e. The zero-order valence-corrected chi connectivity index (χ0v) is 11.6. The maximum Gasteiger partial charge on any atom is 0.179 e. The molecule has 0 aromatic carbocycles. The van der Waals surface area contributed by atoms with Crippen LogP contribution in [0.3, 0.4) is 0 Å². The van der Waals surface area contributed by atoms with E-state index in [2.05, 4.69) is 13.2 Å². The standard InChI is InChI=1S/C13H18O.Ru/c1-9(2)11(5)7-13(14)8-12(6)10(3)4;/h7-8H,1,3H2,2,4-6H3;/b11-7+,12-8+;. The molecular weight excluding hydrogens is 273 g/mol. The third kappa shape index (κ3) is 7.21. The van der Waals surface area contributed by atoms with Gasteiger partial charge in [-0.1, -0.05) is 24.3 Å². The van der Waals surface area contributed by atoms with Crippen LogP contribution in [0.15, 0.2) is 47.6 Å². The molecule has 0 atom stereocenters. The molecule has 0 fully saturated rings. The van der Waals surface area contributed by atoms with Crippen LogP contribution in [0.2, 0.25) is 0 Å². The minimum atomic E-state index is -0.00833. The number of allylic oxidation sites excluding steroid dienone is 6. The van der Waals surface area contributed by atoms with Gasteiger partial charge in [-0.2, -0.15) is 0 Å². The van der Waals surface area contributed by atoms with Gasteiger partial charge in [-0.25, -0.2) is 0 Å². The van der Waals surface area contributed by atoms with Crippen molar-refractivity contribution in [2.24, 2.45) is 0 Å².